The Morgan fingerprint density at radius 3 is 2.93 bits per heavy atom. The van der Waals surface area contributed by atoms with Gasteiger partial charge in [0.05, 0.1) is 0 Å². The summed E-state index contributed by atoms with van der Waals surface area (Å²) in [6.45, 7) is 8.38. The van der Waals surface area contributed by atoms with Gasteiger partial charge in [0, 0.05) is 12.0 Å². The number of amides is 1. The van der Waals surface area contributed by atoms with Gasteiger partial charge in [0.25, 0.3) is 0 Å². The molecule has 1 fully saturated rings. The van der Waals surface area contributed by atoms with Crippen molar-refractivity contribution in [1.82, 2.24) is 10.6 Å². The lowest BCUT2D eigenvalue weighted by Crippen LogP contribution is -2.49. The largest absolute Gasteiger partial charge is 0.353 e. The van der Waals surface area contributed by atoms with Gasteiger partial charge in [0.1, 0.15) is 0 Å². The maximum atomic E-state index is 11.8. The molecule has 0 aromatic rings. The minimum Gasteiger partial charge on any atom is -0.353 e. The fourth-order valence-corrected chi connectivity index (χ4v) is 2.12. The van der Waals surface area contributed by atoms with E-state index in [1.165, 1.54) is 0 Å². The predicted octanol–water partition coefficient (Wildman–Crippen LogP) is 1.54. The summed E-state index contributed by atoms with van der Waals surface area (Å²) in [4.78, 5) is 11.8. The molecule has 1 heterocycles. The zero-order valence-corrected chi connectivity index (χ0v) is 10.2. The number of carbonyl (C=O) groups excluding carboxylic acids is 1. The molecule has 0 aromatic carbocycles. The average molecular weight is 212 g/mol. The van der Waals surface area contributed by atoms with E-state index < -0.39 is 0 Å². The van der Waals surface area contributed by atoms with Crippen LogP contribution in [-0.4, -0.2) is 25.0 Å². The lowest BCUT2D eigenvalue weighted by Gasteiger charge is -2.31. The summed E-state index contributed by atoms with van der Waals surface area (Å²) in [6, 6.07) is 0.373. The van der Waals surface area contributed by atoms with E-state index in [0.29, 0.717) is 12.0 Å². The summed E-state index contributed by atoms with van der Waals surface area (Å²) in [5.41, 5.74) is 0. The molecular weight excluding hydrogens is 188 g/mol. The van der Waals surface area contributed by atoms with Crippen LogP contribution in [0.5, 0.6) is 0 Å². The first-order chi connectivity index (χ1) is 7.15. The Bertz CT molecular complexity index is 206. The van der Waals surface area contributed by atoms with Crippen molar-refractivity contribution in [2.75, 3.05) is 13.1 Å². The minimum absolute atomic E-state index is 0.164. The molecular formula is C12H24N2O. The van der Waals surface area contributed by atoms with Gasteiger partial charge in [-0.1, -0.05) is 27.2 Å². The highest BCUT2D eigenvalue weighted by Gasteiger charge is 2.24. The van der Waals surface area contributed by atoms with Gasteiger partial charge < -0.3 is 10.6 Å². The van der Waals surface area contributed by atoms with Crippen LogP contribution in [0.15, 0.2) is 0 Å². The van der Waals surface area contributed by atoms with E-state index in [9.17, 15) is 4.79 Å². The van der Waals surface area contributed by atoms with Gasteiger partial charge in [-0.15, -0.1) is 0 Å². The van der Waals surface area contributed by atoms with Crippen LogP contribution in [0.2, 0.25) is 0 Å². The SMILES string of the molecule is CCCC(C)C(=O)NC1CCNCC1C. The Morgan fingerprint density at radius 1 is 1.60 bits per heavy atom. The van der Waals surface area contributed by atoms with E-state index >= 15 is 0 Å². The number of rotatable bonds is 4. The second kappa shape index (κ2) is 6.11. The summed E-state index contributed by atoms with van der Waals surface area (Å²) in [5, 5.41) is 6.52. The Hall–Kier alpha value is -0.570. The van der Waals surface area contributed by atoms with Gasteiger partial charge >= 0.3 is 0 Å². The van der Waals surface area contributed by atoms with Gasteiger partial charge in [-0.05, 0) is 31.8 Å². The average Bonchev–Trinajstić information content (AvgIpc) is 2.21. The predicted molar refractivity (Wildman–Crippen MR) is 62.7 cm³/mol. The summed E-state index contributed by atoms with van der Waals surface area (Å²) in [7, 11) is 0. The zero-order chi connectivity index (χ0) is 11.3. The van der Waals surface area contributed by atoms with Crippen molar-refractivity contribution in [1.29, 1.82) is 0 Å². The van der Waals surface area contributed by atoms with E-state index in [-0.39, 0.29) is 11.8 Å². The van der Waals surface area contributed by atoms with Crippen molar-refractivity contribution in [3.05, 3.63) is 0 Å². The Morgan fingerprint density at radius 2 is 2.33 bits per heavy atom. The summed E-state index contributed by atoms with van der Waals surface area (Å²) < 4.78 is 0. The van der Waals surface area contributed by atoms with Crippen LogP contribution in [0, 0.1) is 11.8 Å². The molecule has 3 heteroatoms. The summed E-state index contributed by atoms with van der Waals surface area (Å²) in [6.07, 6.45) is 3.13. The van der Waals surface area contributed by atoms with Crippen LogP contribution in [-0.2, 0) is 4.79 Å². The Balaban J connectivity index is 2.35. The molecule has 1 rings (SSSR count). The van der Waals surface area contributed by atoms with Crippen LogP contribution in [0.4, 0.5) is 0 Å². The van der Waals surface area contributed by atoms with E-state index in [4.69, 9.17) is 0 Å². The molecule has 1 saturated heterocycles. The highest BCUT2D eigenvalue weighted by Crippen LogP contribution is 2.12. The fourth-order valence-electron chi connectivity index (χ4n) is 2.12. The van der Waals surface area contributed by atoms with Gasteiger partial charge in [-0.2, -0.15) is 0 Å². The van der Waals surface area contributed by atoms with Gasteiger partial charge in [-0.3, -0.25) is 4.79 Å². The fraction of sp³-hybridized carbons (Fsp3) is 0.917. The van der Waals surface area contributed by atoms with Crippen LogP contribution >= 0.6 is 0 Å². The molecule has 1 aliphatic heterocycles. The van der Waals surface area contributed by atoms with Crippen molar-refractivity contribution in [3.63, 3.8) is 0 Å². The summed E-state index contributed by atoms with van der Waals surface area (Å²) >= 11 is 0. The molecule has 3 unspecified atom stereocenters. The monoisotopic (exact) mass is 212 g/mol. The topological polar surface area (TPSA) is 41.1 Å². The van der Waals surface area contributed by atoms with E-state index in [1.807, 2.05) is 6.92 Å². The third kappa shape index (κ3) is 3.82. The number of nitrogens with one attached hydrogen (secondary N) is 2. The standard InChI is InChI=1S/C12H24N2O/c1-4-5-9(2)12(15)14-11-6-7-13-8-10(11)3/h9-11,13H,4-8H2,1-3H3,(H,14,15). The number of hydrogen-bond donors (Lipinski definition) is 2. The Labute approximate surface area is 93.0 Å². The molecule has 1 amide bonds. The lowest BCUT2D eigenvalue weighted by molar-refractivity contribution is -0.125. The molecule has 0 aromatic heterocycles. The van der Waals surface area contributed by atoms with Crippen molar-refractivity contribution >= 4 is 5.91 Å². The smallest absolute Gasteiger partial charge is 0.223 e. The van der Waals surface area contributed by atoms with E-state index in [0.717, 1.165) is 32.4 Å². The second-order valence-electron chi connectivity index (χ2n) is 4.77. The first kappa shape index (κ1) is 12.5. The minimum atomic E-state index is 0.164. The number of carbonyl (C=O) groups is 1. The van der Waals surface area contributed by atoms with Gasteiger partial charge in [0.15, 0.2) is 0 Å². The molecule has 0 radical (unpaired) electrons. The maximum Gasteiger partial charge on any atom is 0.223 e. The lowest BCUT2D eigenvalue weighted by atomic mass is 9.94. The van der Waals surface area contributed by atoms with Gasteiger partial charge in [0.2, 0.25) is 5.91 Å². The quantitative estimate of drug-likeness (QED) is 0.742. The third-order valence-corrected chi connectivity index (χ3v) is 3.28. The van der Waals surface area contributed by atoms with Crippen molar-refractivity contribution in [2.45, 2.75) is 46.1 Å². The number of hydrogen-bond acceptors (Lipinski definition) is 2. The number of piperidine rings is 1. The summed E-state index contributed by atoms with van der Waals surface area (Å²) in [5.74, 6) is 0.948. The second-order valence-corrected chi connectivity index (χ2v) is 4.77. The van der Waals surface area contributed by atoms with Crippen LogP contribution < -0.4 is 10.6 Å². The molecule has 2 N–H and O–H groups in total. The molecule has 1 aliphatic rings. The zero-order valence-electron chi connectivity index (χ0n) is 10.2. The van der Waals surface area contributed by atoms with Crippen LogP contribution in [0.1, 0.15) is 40.0 Å². The Kier molecular flexibility index (Phi) is 5.09. The molecule has 88 valence electrons. The first-order valence-electron chi connectivity index (χ1n) is 6.16. The van der Waals surface area contributed by atoms with Crippen LogP contribution in [0.3, 0.4) is 0 Å². The van der Waals surface area contributed by atoms with Crippen molar-refractivity contribution < 1.29 is 4.79 Å². The highest BCUT2D eigenvalue weighted by atomic mass is 16.1. The van der Waals surface area contributed by atoms with Crippen LogP contribution in [0.25, 0.3) is 0 Å². The molecule has 0 aliphatic carbocycles. The molecule has 0 spiro atoms. The normalized spacial score (nSPS) is 28.5. The van der Waals surface area contributed by atoms with E-state index in [1.54, 1.807) is 0 Å². The first-order valence-corrected chi connectivity index (χ1v) is 6.16. The van der Waals surface area contributed by atoms with E-state index in [2.05, 4.69) is 24.5 Å². The molecule has 3 atom stereocenters. The highest BCUT2D eigenvalue weighted by molar-refractivity contribution is 5.78. The molecule has 3 nitrogen and oxygen atoms in total. The maximum absolute atomic E-state index is 11.8. The van der Waals surface area contributed by atoms with Crippen molar-refractivity contribution in [3.8, 4) is 0 Å². The molecule has 15 heavy (non-hydrogen) atoms. The molecule has 0 bridgehead atoms. The third-order valence-electron chi connectivity index (χ3n) is 3.28. The van der Waals surface area contributed by atoms with Gasteiger partial charge in [-0.25, -0.2) is 0 Å². The van der Waals surface area contributed by atoms with Crippen molar-refractivity contribution in [2.24, 2.45) is 11.8 Å². The molecule has 0 saturated carbocycles.